The number of ether oxygens (including phenoxy) is 2. The number of carbonyl (C=O) groups is 1. The molecule has 0 fully saturated rings. The summed E-state index contributed by atoms with van der Waals surface area (Å²) in [6.45, 7) is 1.58. The average molecular weight is 289 g/mol. The molecule has 21 heavy (non-hydrogen) atoms. The molecular weight excluding hydrogens is 273 g/mol. The van der Waals surface area contributed by atoms with Crippen molar-refractivity contribution in [3.05, 3.63) is 58.9 Å². The summed E-state index contributed by atoms with van der Waals surface area (Å²) in [5.74, 6) is -0.694. The van der Waals surface area contributed by atoms with Crippen LogP contribution in [0.2, 0.25) is 0 Å². The molecule has 2 aromatic carbocycles. The van der Waals surface area contributed by atoms with Gasteiger partial charge in [0.2, 0.25) is 0 Å². The molecule has 0 saturated carbocycles. The molecule has 0 atom stereocenters. The Kier molecular flexibility index (Phi) is 4.42. The van der Waals surface area contributed by atoms with Crippen LogP contribution in [0.5, 0.6) is 5.75 Å². The summed E-state index contributed by atoms with van der Waals surface area (Å²) >= 11 is 0. The lowest BCUT2D eigenvalue weighted by Crippen LogP contribution is -2.09. The van der Waals surface area contributed by atoms with Gasteiger partial charge in [-0.3, -0.25) is 0 Å². The van der Waals surface area contributed by atoms with Crippen LogP contribution in [0.4, 0.5) is 10.1 Å². The van der Waals surface area contributed by atoms with E-state index in [1.165, 1.54) is 12.1 Å². The van der Waals surface area contributed by atoms with Gasteiger partial charge in [-0.2, -0.15) is 0 Å². The van der Waals surface area contributed by atoms with Gasteiger partial charge in [0.15, 0.2) is 0 Å². The number of nitrogen functional groups attached to an aromatic ring is 1. The number of methoxy groups -OCH3 is 1. The van der Waals surface area contributed by atoms with Crippen molar-refractivity contribution in [2.75, 3.05) is 12.8 Å². The molecule has 0 aliphatic rings. The summed E-state index contributed by atoms with van der Waals surface area (Å²) in [6, 6.07) is 9.84. The number of hydrogen-bond donors (Lipinski definition) is 1. The standard InChI is InChI=1S/C16H16FNO3/c1-10-6-12(18)8-14(15(10)17)16(19)21-9-11-4-3-5-13(7-11)20-2/h3-8H,9,18H2,1-2H3. The van der Waals surface area contributed by atoms with Gasteiger partial charge in [0.1, 0.15) is 18.2 Å². The molecule has 0 amide bonds. The van der Waals surface area contributed by atoms with E-state index in [0.717, 1.165) is 5.56 Å². The van der Waals surface area contributed by atoms with Gasteiger partial charge >= 0.3 is 5.97 Å². The Morgan fingerprint density at radius 3 is 2.76 bits per heavy atom. The van der Waals surface area contributed by atoms with E-state index in [1.807, 2.05) is 0 Å². The fourth-order valence-corrected chi connectivity index (χ4v) is 1.93. The van der Waals surface area contributed by atoms with E-state index in [0.29, 0.717) is 17.0 Å². The van der Waals surface area contributed by atoms with Gasteiger partial charge in [-0.05, 0) is 42.3 Å². The van der Waals surface area contributed by atoms with Crippen LogP contribution in [-0.4, -0.2) is 13.1 Å². The van der Waals surface area contributed by atoms with Crippen LogP contribution in [0.3, 0.4) is 0 Å². The topological polar surface area (TPSA) is 61.5 Å². The maximum Gasteiger partial charge on any atom is 0.341 e. The number of nitrogens with two attached hydrogens (primary N) is 1. The van der Waals surface area contributed by atoms with Crippen LogP contribution in [0, 0.1) is 12.7 Å². The SMILES string of the molecule is COc1cccc(COC(=O)c2cc(N)cc(C)c2F)c1. The van der Waals surface area contributed by atoms with Gasteiger partial charge in [-0.15, -0.1) is 0 Å². The zero-order valence-electron chi connectivity index (χ0n) is 11.9. The second-order valence-electron chi connectivity index (χ2n) is 4.63. The van der Waals surface area contributed by atoms with Gasteiger partial charge < -0.3 is 15.2 Å². The summed E-state index contributed by atoms with van der Waals surface area (Å²) in [4.78, 5) is 11.9. The summed E-state index contributed by atoms with van der Waals surface area (Å²) in [6.07, 6.45) is 0. The number of esters is 1. The van der Waals surface area contributed by atoms with Gasteiger partial charge in [0.05, 0.1) is 12.7 Å². The van der Waals surface area contributed by atoms with Crippen molar-refractivity contribution in [1.29, 1.82) is 0 Å². The van der Waals surface area contributed by atoms with Crippen LogP contribution in [0.25, 0.3) is 0 Å². The third-order valence-corrected chi connectivity index (χ3v) is 3.00. The van der Waals surface area contributed by atoms with Crippen LogP contribution in [-0.2, 0) is 11.3 Å². The monoisotopic (exact) mass is 289 g/mol. The normalized spacial score (nSPS) is 10.2. The average Bonchev–Trinajstić information content (AvgIpc) is 2.48. The van der Waals surface area contributed by atoms with Crippen molar-refractivity contribution >= 4 is 11.7 Å². The number of benzene rings is 2. The predicted molar refractivity (Wildman–Crippen MR) is 77.7 cm³/mol. The molecule has 0 saturated heterocycles. The lowest BCUT2D eigenvalue weighted by Gasteiger charge is -2.09. The fraction of sp³-hybridized carbons (Fsp3) is 0.188. The first-order chi connectivity index (χ1) is 10.0. The Morgan fingerprint density at radius 2 is 2.05 bits per heavy atom. The number of hydrogen-bond acceptors (Lipinski definition) is 4. The highest BCUT2D eigenvalue weighted by atomic mass is 19.1. The molecule has 0 radical (unpaired) electrons. The van der Waals surface area contributed by atoms with Crippen molar-refractivity contribution in [2.24, 2.45) is 0 Å². The smallest absolute Gasteiger partial charge is 0.341 e. The summed E-state index contributed by atoms with van der Waals surface area (Å²) in [5, 5.41) is 0. The summed E-state index contributed by atoms with van der Waals surface area (Å²) in [7, 11) is 1.55. The van der Waals surface area contributed by atoms with Crippen LogP contribution in [0.15, 0.2) is 36.4 Å². The molecule has 2 aromatic rings. The van der Waals surface area contributed by atoms with Crippen molar-refractivity contribution in [2.45, 2.75) is 13.5 Å². The van der Waals surface area contributed by atoms with E-state index < -0.39 is 11.8 Å². The van der Waals surface area contributed by atoms with Crippen molar-refractivity contribution in [3.8, 4) is 5.75 Å². The zero-order valence-corrected chi connectivity index (χ0v) is 11.9. The minimum atomic E-state index is -0.745. The van der Waals surface area contributed by atoms with Crippen LogP contribution >= 0.6 is 0 Å². The second-order valence-corrected chi connectivity index (χ2v) is 4.63. The van der Waals surface area contributed by atoms with Crippen LogP contribution in [0.1, 0.15) is 21.5 Å². The molecule has 5 heteroatoms. The van der Waals surface area contributed by atoms with Gasteiger partial charge in [0.25, 0.3) is 0 Å². The maximum atomic E-state index is 13.9. The molecule has 2 N–H and O–H groups in total. The quantitative estimate of drug-likeness (QED) is 0.694. The van der Waals surface area contributed by atoms with Gasteiger partial charge in [-0.1, -0.05) is 12.1 Å². The van der Waals surface area contributed by atoms with Crippen molar-refractivity contribution in [1.82, 2.24) is 0 Å². The zero-order chi connectivity index (χ0) is 15.4. The molecule has 0 aromatic heterocycles. The highest BCUT2D eigenvalue weighted by Gasteiger charge is 2.16. The maximum absolute atomic E-state index is 13.9. The first-order valence-electron chi connectivity index (χ1n) is 6.37. The Hall–Kier alpha value is -2.56. The molecule has 0 spiro atoms. The largest absolute Gasteiger partial charge is 0.497 e. The minimum absolute atomic E-state index is 0.0311. The second kappa shape index (κ2) is 6.26. The first-order valence-corrected chi connectivity index (χ1v) is 6.37. The van der Waals surface area contributed by atoms with Crippen molar-refractivity contribution < 1.29 is 18.7 Å². The Morgan fingerprint density at radius 1 is 1.29 bits per heavy atom. The highest BCUT2D eigenvalue weighted by molar-refractivity contribution is 5.91. The molecule has 4 nitrogen and oxygen atoms in total. The molecule has 110 valence electrons. The third kappa shape index (κ3) is 3.51. The van der Waals surface area contributed by atoms with E-state index in [9.17, 15) is 9.18 Å². The van der Waals surface area contributed by atoms with Crippen LogP contribution < -0.4 is 10.5 Å². The van der Waals surface area contributed by atoms with Gasteiger partial charge in [0, 0.05) is 5.69 Å². The fourth-order valence-electron chi connectivity index (χ4n) is 1.93. The van der Waals surface area contributed by atoms with E-state index in [-0.39, 0.29) is 12.2 Å². The van der Waals surface area contributed by atoms with Crippen molar-refractivity contribution in [3.63, 3.8) is 0 Å². The number of halogens is 1. The first kappa shape index (κ1) is 14.8. The summed E-state index contributed by atoms with van der Waals surface area (Å²) < 4.78 is 24.1. The molecule has 0 unspecified atom stereocenters. The number of carbonyl (C=O) groups excluding carboxylic acids is 1. The minimum Gasteiger partial charge on any atom is -0.497 e. The third-order valence-electron chi connectivity index (χ3n) is 3.00. The number of anilines is 1. The highest BCUT2D eigenvalue weighted by Crippen LogP contribution is 2.19. The van der Waals surface area contributed by atoms with E-state index in [4.69, 9.17) is 15.2 Å². The Balaban J connectivity index is 2.11. The number of rotatable bonds is 4. The Labute approximate surface area is 122 Å². The summed E-state index contributed by atoms with van der Waals surface area (Å²) in [5.41, 5.74) is 6.85. The number of aryl methyl sites for hydroxylation is 1. The Bertz CT molecular complexity index is 671. The molecule has 0 aliphatic carbocycles. The lowest BCUT2D eigenvalue weighted by atomic mass is 10.1. The molecule has 0 heterocycles. The van der Waals surface area contributed by atoms with E-state index in [2.05, 4.69) is 0 Å². The molecule has 0 bridgehead atoms. The van der Waals surface area contributed by atoms with Gasteiger partial charge in [-0.25, -0.2) is 9.18 Å². The van der Waals surface area contributed by atoms with E-state index in [1.54, 1.807) is 38.3 Å². The molecule has 2 rings (SSSR count). The molecule has 0 aliphatic heterocycles. The van der Waals surface area contributed by atoms with E-state index >= 15 is 0 Å². The molecular formula is C16H16FNO3. The predicted octanol–water partition coefficient (Wildman–Crippen LogP) is 3.08. The lowest BCUT2D eigenvalue weighted by molar-refractivity contribution is 0.0467.